The monoisotopic (exact) mass is 233 g/mol. The smallest absolute Gasteiger partial charge is 0.274 e. The van der Waals surface area contributed by atoms with Crippen LogP contribution in [0.2, 0.25) is 0 Å². The van der Waals surface area contributed by atoms with E-state index in [-0.39, 0.29) is 12.2 Å². The van der Waals surface area contributed by atoms with Crippen molar-refractivity contribution in [3.05, 3.63) is 0 Å². The Morgan fingerprint density at radius 3 is 2.56 bits per heavy atom. The maximum absolute atomic E-state index is 5.77. The fourth-order valence-corrected chi connectivity index (χ4v) is 1.67. The van der Waals surface area contributed by atoms with E-state index >= 15 is 0 Å². The predicted octanol–water partition coefficient (Wildman–Crippen LogP) is 1.08. The summed E-state index contributed by atoms with van der Waals surface area (Å²) >= 11 is 0. The highest BCUT2D eigenvalue weighted by molar-refractivity contribution is 4.74. The zero-order valence-electron chi connectivity index (χ0n) is 10.8. The summed E-state index contributed by atoms with van der Waals surface area (Å²) in [7, 11) is 1.56. The second-order valence-corrected chi connectivity index (χ2v) is 4.35. The first kappa shape index (κ1) is 13.9. The molecule has 16 heavy (non-hydrogen) atoms. The molecule has 3 atom stereocenters. The van der Waals surface area contributed by atoms with Gasteiger partial charge in [0.15, 0.2) is 5.79 Å². The zero-order valence-corrected chi connectivity index (χ0v) is 10.8. The number of hydrogen-bond acceptors (Lipinski definition) is 5. The molecule has 1 saturated heterocycles. The van der Waals surface area contributed by atoms with E-state index in [1.807, 2.05) is 20.8 Å². The number of hydrogen-bond donors (Lipinski definition) is 1. The molecule has 3 unspecified atom stereocenters. The number of rotatable bonds is 4. The first-order valence-electron chi connectivity index (χ1n) is 5.73. The van der Waals surface area contributed by atoms with Gasteiger partial charge in [0.1, 0.15) is 6.10 Å². The Morgan fingerprint density at radius 2 is 2.00 bits per heavy atom. The van der Waals surface area contributed by atoms with Crippen LogP contribution in [0.5, 0.6) is 0 Å². The second kappa shape index (κ2) is 5.93. The van der Waals surface area contributed by atoms with Crippen LogP contribution in [0.4, 0.5) is 0 Å². The van der Waals surface area contributed by atoms with E-state index in [0.717, 1.165) is 13.1 Å². The molecule has 1 aliphatic rings. The third-order valence-electron chi connectivity index (χ3n) is 2.45. The fraction of sp³-hybridized carbons (Fsp3) is 1.00. The molecule has 1 N–H and O–H groups in total. The molecule has 5 heteroatoms. The van der Waals surface area contributed by atoms with Crippen LogP contribution in [0.15, 0.2) is 0 Å². The lowest BCUT2D eigenvalue weighted by molar-refractivity contribution is -0.342. The number of likely N-dealkylation sites (N-methyl/N-ethyl adjacent to an activating group) is 1. The van der Waals surface area contributed by atoms with Crippen molar-refractivity contribution in [1.29, 1.82) is 0 Å². The molecule has 0 radical (unpaired) electrons. The second-order valence-electron chi connectivity index (χ2n) is 4.35. The highest BCUT2D eigenvalue weighted by Gasteiger charge is 2.36. The van der Waals surface area contributed by atoms with Crippen LogP contribution in [0.3, 0.4) is 0 Å². The molecule has 1 fully saturated rings. The van der Waals surface area contributed by atoms with Gasteiger partial charge in [-0.15, -0.1) is 0 Å². The summed E-state index contributed by atoms with van der Waals surface area (Å²) < 4.78 is 22.1. The molecule has 0 saturated carbocycles. The standard InChI is InChI=1S/C11H23NO4/c1-6-12-7-9-8(2)15-11(3,4)16-10(13-5)14-9/h8-10,12H,6-7H2,1-5H3. The summed E-state index contributed by atoms with van der Waals surface area (Å²) in [5.74, 6) is -0.693. The van der Waals surface area contributed by atoms with Gasteiger partial charge in [-0.3, -0.25) is 4.74 Å². The molecule has 96 valence electrons. The molecule has 0 aromatic rings. The van der Waals surface area contributed by atoms with Crippen molar-refractivity contribution >= 4 is 0 Å². The molecular weight excluding hydrogens is 210 g/mol. The Labute approximate surface area is 97.4 Å². The van der Waals surface area contributed by atoms with Crippen molar-refractivity contribution in [2.45, 2.75) is 52.2 Å². The topological polar surface area (TPSA) is 49.0 Å². The van der Waals surface area contributed by atoms with E-state index in [2.05, 4.69) is 12.2 Å². The fourth-order valence-electron chi connectivity index (χ4n) is 1.67. The predicted molar refractivity (Wildman–Crippen MR) is 59.9 cm³/mol. The van der Waals surface area contributed by atoms with Crippen molar-refractivity contribution in [3.63, 3.8) is 0 Å². The number of ether oxygens (including phenoxy) is 4. The molecule has 1 heterocycles. The van der Waals surface area contributed by atoms with E-state index in [0.29, 0.717) is 0 Å². The van der Waals surface area contributed by atoms with Crippen LogP contribution >= 0.6 is 0 Å². The van der Waals surface area contributed by atoms with Gasteiger partial charge >= 0.3 is 0 Å². The largest absolute Gasteiger partial charge is 0.345 e. The van der Waals surface area contributed by atoms with Crippen molar-refractivity contribution in [2.24, 2.45) is 0 Å². The molecular formula is C11H23NO4. The van der Waals surface area contributed by atoms with Crippen molar-refractivity contribution < 1.29 is 18.9 Å². The molecule has 0 aliphatic carbocycles. The normalized spacial score (nSPS) is 34.7. The van der Waals surface area contributed by atoms with Crippen LogP contribution in [0.25, 0.3) is 0 Å². The summed E-state index contributed by atoms with van der Waals surface area (Å²) in [5, 5.41) is 3.23. The molecule has 0 amide bonds. The average molecular weight is 233 g/mol. The first-order chi connectivity index (χ1) is 7.48. The maximum Gasteiger partial charge on any atom is 0.274 e. The number of methoxy groups -OCH3 is 1. The van der Waals surface area contributed by atoms with Gasteiger partial charge in [-0.1, -0.05) is 6.92 Å². The Morgan fingerprint density at radius 1 is 1.31 bits per heavy atom. The summed E-state index contributed by atoms with van der Waals surface area (Å²) in [4.78, 5) is 0. The summed E-state index contributed by atoms with van der Waals surface area (Å²) in [6, 6.07) is 0. The molecule has 1 rings (SSSR count). The lowest BCUT2D eigenvalue weighted by atomic mass is 10.2. The highest BCUT2D eigenvalue weighted by Crippen LogP contribution is 2.25. The first-order valence-corrected chi connectivity index (χ1v) is 5.73. The van der Waals surface area contributed by atoms with Gasteiger partial charge in [-0.2, -0.15) is 0 Å². The maximum atomic E-state index is 5.77. The highest BCUT2D eigenvalue weighted by atomic mass is 16.9. The molecule has 1 aliphatic heterocycles. The Kier molecular flexibility index (Phi) is 5.14. The molecule has 0 spiro atoms. The van der Waals surface area contributed by atoms with Gasteiger partial charge in [-0.05, 0) is 27.3 Å². The van der Waals surface area contributed by atoms with Gasteiger partial charge in [-0.25, -0.2) is 0 Å². The van der Waals surface area contributed by atoms with Crippen LogP contribution in [-0.2, 0) is 18.9 Å². The Hall–Kier alpha value is -0.200. The van der Waals surface area contributed by atoms with Crippen LogP contribution < -0.4 is 5.32 Å². The molecule has 5 nitrogen and oxygen atoms in total. The SMILES string of the molecule is CCNCC1OC(OC)OC(C)(C)OC1C. The zero-order chi connectivity index (χ0) is 12.2. The van der Waals surface area contributed by atoms with E-state index in [1.165, 1.54) is 0 Å². The van der Waals surface area contributed by atoms with E-state index in [4.69, 9.17) is 18.9 Å². The van der Waals surface area contributed by atoms with Crippen molar-refractivity contribution in [2.75, 3.05) is 20.2 Å². The Bertz CT molecular complexity index is 210. The van der Waals surface area contributed by atoms with Crippen LogP contribution in [0.1, 0.15) is 27.7 Å². The van der Waals surface area contributed by atoms with Gasteiger partial charge in [0.2, 0.25) is 0 Å². The van der Waals surface area contributed by atoms with Crippen molar-refractivity contribution in [1.82, 2.24) is 5.32 Å². The lowest BCUT2D eigenvalue weighted by Crippen LogP contribution is -2.40. The van der Waals surface area contributed by atoms with Crippen molar-refractivity contribution in [3.8, 4) is 0 Å². The van der Waals surface area contributed by atoms with E-state index in [1.54, 1.807) is 7.11 Å². The quantitative estimate of drug-likeness (QED) is 0.787. The summed E-state index contributed by atoms with van der Waals surface area (Å²) in [5.41, 5.74) is 0. The summed E-state index contributed by atoms with van der Waals surface area (Å²) in [6.45, 7) is 8.68. The van der Waals surface area contributed by atoms with Gasteiger partial charge in [0.25, 0.3) is 6.48 Å². The van der Waals surface area contributed by atoms with E-state index in [9.17, 15) is 0 Å². The van der Waals surface area contributed by atoms with Crippen LogP contribution in [0, 0.1) is 0 Å². The molecule has 0 aromatic carbocycles. The number of nitrogens with one attached hydrogen (secondary N) is 1. The molecule has 0 aromatic heterocycles. The van der Waals surface area contributed by atoms with E-state index < -0.39 is 12.3 Å². The Balaban J connectivity index is 2.63. The summed E-state index contributed by atoms with van der Waals surface area (Å²) in [6.07, 6.45) is -0.124. The third kappa shape index (κ3) is 3.99. The van der Waals surface area contributed by atoms with Gasteiger partial charge < -0.3 is 19.5 Å². The van der Waals surface area contributed by atoms with Gasteiger partial charge in [0.05, 0.1) is 6.10 Å². The lowest BCUT2D eigenvalue weighted by Gasteiger charge is -2.27. The minimum Gasteiger partial charge on any atom is -0.345 e. The molecule has 0 bridgehead atoms. The van der Waals surface area contributed by atoms with Gasteiger partial charge in [0, 0.05) is 13.7 Å². The average Bonchev–Trinajstić information content (AvgIpc) is 2.31. The minimum atomic E-state index is -0.693. The van der Waals surface area contributed by atoms with Crippen LogP contribution in [-0.4, -0.2) is 44.7 Å². The minimum absolute atomic E-state index is 0.0470. The third-order valence-corrected chi connectivity index (χ3v) is 2.45.